The second-order valence-corrected chi connectivity index (χ2v) is 4.34. The summed E-state index contributed by atoms with van der Waals surface area (Å²) in [7, 11) is 0. The minimum atomic E-state index is -1.07. The van der Waals surface area contributed by atoms with Crippen molar-refractivity contribution in [2.45, 2.75) is 0 Å². The molecule has 4 heteroatoms. The molecule has 0 aliphatic carbocycles. The van der Waals surface area contributed by atoms with E-state index < -0.39 is 11.9 Å². The van der Waals surface area contributed by atoms with Gasteiger partial charge in [-0.1, -0.05) is 37.4 Å². The second kappa shape index (κ2) is 5.01. The Kier molecular flexibility index (Phi) is 3.39. The summed E-state index contributed by atoms with van der Waals surface area (Å²) in [5.74, 6) is -2.14. The largest absolute Gasteiger partial charge is 0.478 e. The van der Waals surface area contributed by atoms with Crippen LogP contribution in [0.15, 0.2) is 49.6 Å². The standard InChI is InChI=1S/C16H12O4/c1-9(15(17)18)11-3-5-14-8-12(10(2)16(19)20)4-6-13(14)7-11/h3-8H,1-2H2,(H,17,18)(H,19,20). The molecule has 2 aromatic rings. The van der Waals surface area contributed by atoms with Crippen LogP contribution in [0.5, 0.6) is 0 Å². The fourth-order valence-electron chi connectivity index (χ4n) is 1.87. The van der Waals surface area contributed by atoms with E-state index in [1.807, 2.05) is 0 Å². The molecule has 0 saturated heterocycles. The summed E-state index contributed by atoms with van der Waals surface area (Å²) in [4.78, 5) is 21.8. The van der Waals surface area contributed by atoms with Crippen molar-refractivity contribution in [3.63, 3.8) is 0 Å². The van der Waals surface area contributed by atoms with Crippen molar-refractivity contribution in [3.8, 4) is 0 Å². The molecule has 100 valence electrons. The second-order valence-electron chi connectivity index (χ2n) is 4.34. The van der Waals surface area contributed by atoms with Crippen molar-refractivity contribution < 1.29 is 19.8 Å². The van der Waals surface area contributed by atoms with Gasteiger partial charge in [0.1, 0.15) is 0 Å². The molecule has 0 fully saturated rings. The van der Waals surface area contributed by atoms with E-state index in [2.05, 4.69) is 13.2 Å². The monoisotopic (exact) mass is 268 g/mol. The molecule has 0 aliphatic heterocycles. The van der Waals surface area contributed by atoms with Gasteiger partial charge in [-0.05, 0) is 34.0 Å². The number of benzene rings is 2. The van der Waals surface area contributed by atoms with E-state index in [0.717, 1.165) is 10.8 Å². The van der Waals surface area contributed by atoms with Gasteiger partial charge in [-0.2, -0.15) is 0 Å². The van der Waals surface area contributed by atoms with Crippen LogP contribution in [-0.4, -0.2) is 22.2 Å². The first-order valence-corrected chi connectivity index (χ1v) is 5.79. The van der Waals surface area contributed by atoms with Gasteiger partial charge in [0, 0.05) is 0 Å². The van der Waals surface area contributed by atoms with E-state index in [0.29, 0.717) is 11.1 Å². The van der Waals surface area contributed by atoms with Crippen molar-refractivity contribution >= 4 is 33.9 Å². The Bertz CT molecular complexity index is 691. The van der Waals surface area contributed by atoms with Gasteiger partial charge in [0.25, 0.3) is 0 Å². The Morgan fingerprint density at radius 3 is 1.40 bits per heavy atom. The maximum absolute atomic E-state index is 10.9. The molecule has 0 radical (unpaired) electrons. The summed E-state index contributed by atoms with van der Waals surface area (Å²) in [6.07, 6.45) is 0. The molecule has 0 unspecified atom stereocenters. The fraction of sp³-hybridized carbons (Fsp3) is 0. The molecular weight excluding hydrogens is 256 g/mol. The predicted octanol–water partition coefficient (Wildman–Crippen LogP) is 3.04. The molecule has 2 aromatic carbocycles. The molecule has 0 aromatic heterocycles. The van der Waals surface area contributed by atoms with Crippen molar-refractivity contribution in [3.05, 3.63) is 60.7 Å². The Labute approximate surface area is 115 Å². The molecule has 0 saturated carbocycles. The number of hydrogen-bond donors (Lipinski definition) is 2. The topological polar surface area (TPSA) is 74.6 Å². The summed E-state index contributed by atoms with van der Waals surface area (Å²) in [6.45, 7) is 7.02. The lowest BCUT2D eigenvalue weighted by Gasteiger charge is -2.06. The molecule has 20 heavy (non-hydrogen) atoms. The Balaban J connectivity index is 2.50. The van der Waals surface area contributed by atoms with Crippen LogP contribution in [-0.2, 0) is 9.59 Å². The first-order chi connectivity index (χ1) is 9.40. The molecule has 0 atom stereocenters. The molecule has 0 bridgehead atoms. The highest BCUT2D eigenvalue weighted by atomic mass is 16.4. The van der Waals surface area contributed by atoms with Crippen LogP contribution < -0.4 is 0 Å². The quantitative estimate of drug-likeness (QED) is 0.836. The van der Waals surface area contributed by atoms with Gasteiger partial charge < -0.3 is 10.2 Å². The first kappa shape index (κ1) is 13.5. The van der Waals surface area contributed by atoms with Gasteiger partial charge in [-0.25, -0.2) is 9.59 Å². The predicted molar refractivity (Wildman–Crippen MR) is 77.3 cm³/mol. The summed E-state index contributed by atoms with van der Waals surface area (Å²) in [5, 5.41) is 19.4. The molecule has 0 heterocycles. The fourth-order valence-corrected chi connectivity index (χ4v) is 1.87. The van der Waals surface area contributed by atoms with Crippen LogP contribution >= 0.6 is 0 Å². The Morgan fingerprint density at radius 2 is 1.10 bits per heavy atom. The highest BCUT2D eigenvalue weighted by Gasteiger charge is 2.10. The number of rotatable bonds is 4. The van der Waals surface area contributed by atoms with Crippen molar-refractivity contribution in [2.24, 2.45) is 0 Å². The summed E-state index contributed by atoms with van der Waals surface area (Å²) >= 11 is 0. The first-order valence-electron chi connectivity index (χ1n) is 5.79. The lowest BCUT2D eigenvalue weighted by atomic mass is 9.99. The third-order valence-corrected chi connectivity index (χ3v) is 3.05. The Hall–Kier alpha value is -2.88. The Morgan fingerprint density at radius 1 is 0.750 bits per heavy atom. The zero-order valence-corrected chi connectivity index (χ0v) is 10.6. The number of carboxylic acid groups (broad SMARTS) is 2. The average molecular weight is 268 g/mol. The summed E-state index contributed by atoms with van der Waals surface area (Å²) in [5.41, 5.74) is 1.08. The SMILES string of the molecule is C=C(C(=O)O)c1ccc2cc(C(=C)C(=O)O)ccc2c1. The lowest BCUT2D eigenvalue weighted by Crippen LogP contribution is -1.99. The van der Waals surface area contributed by atoms with Crippen LogP contribution in [0.1, 0.15) is 11.1 Å². The normalized spacial score (nSPS) is 10.2. The van der Waals surface area contributed by atoms with E-state index in [1.165, 1.54) is 0 Å². The van der Waals surface area contributed by atoms with Crippen molar-refractivity contribution in [1.29, 1.82) is 0 Å². The molecule has 2 N–H and O–H groups in total. The number of carbonyl (C=O) groups is 2. The zero-order chi connectivity index (χ0) is 14.9. The smallest absolute Gasteiger partial charge is 0.335 e. The van der Waals surface area contributed by atoms with Crippen LogP contribution in [0.3, 0.4) is 0 Å². The molecule has 0 aliphatic rings. The molecule has 4 nitrogen and oxygen atoms in total. The molecule has 0 spiro atoms. The summed E-state index contributed by atoms with van der Waals surface area (Å²) in [6, 6.07) is 10.2. The van der Waals surface area contributed by atoms with Crippen LogP contribution in [0.4, 0.5) is 0 Å². The van der Waals surface area contributed by atoms with Gasteiger partial charge in [0.2, 0.25) is 0 Å². The van der Waals surface area contributed by atoms with Crippen LogP contribution in [0, 0.1) is 0 Å². The number of fused-ring (bicyclic) bond motifs is 1. The van der Waals surface area contributed by atoms with E-state index in [4.69, 9.17) is 10.2 Å². The van der Waals surface area contributed by atoms with E-state index in [-0.39, 0.29) is 11.1 Å². The van der Waals surface area contributed by atoms with Gasteiger partial charge in [0.05, 0.1) is 11.1 Å². The van der Waals surface area contributed by atoms with E-state index >= 15 is 0 Å². The zero-order valence-electron chi connectivity index (χ0n) is 10.6. The van der Waals surface area contributed by atoms with Gasteiger partial charge in [-0.3, -0.25) is 0 Å². The minimum Gasteiger partial charge on any atom is -0.478 e. The highest BCUT2D eigenvalue weighted by Crippen LogP contribution is 2.24. The third-order valence-electron chi connectivity index (χ3n) is 3.05. The van der Waals surface area contributed by atoms with Gasteiger partial charge in [0.15, 0.2) is 0 Å². The van der Waals surface area contributed by atoms with Gasteiger partial charge >= 0.3 is 11.9 Å². The van der Waals surface area contributed by atoms with E-state index in [9.17, 15) is 9.59 Å². The average Bonchev–Trinajstić information content (AvgIpc) is 2.44. The number of carboxylic acids is 2. The van der Waals surface area contributed by atoms with Gasteiger partial charge in [-0.15, -0.1) is 0 Å². The molecule has 0 amide bonds. The maximum atomic E-state index is 10.9. The van der Waals surface area contributed by atoms with E-state index in [1.54, 1.807) is 36.4 Å². The van der Waals surface area contributed by atoms with Crippen molar-refractivity contribution in [1.82, 2.24) is 0 Å². The van der Waals surface area contributed by atoms with Crippen LogP contribution in [0.25, 0.3) is 21.9 Å². The van der Waals surface area contributed by atoms with Crippen molar-refractivity contribution in [2.75, 3.05) is 0 Å². The maximum Gasteiger partial charge on any atom is 0.335 e. The summed E-state index contributed by atoms with van der Waals surface area (Å²) < 4.78 is 0. The third kappa shape index (κ3) is 2.44. The van der Waals surface area contributed by atoms with Crippen LogP contribution in [0.2, 0.25) is 0 Å². The molecular formula is C16H12O4. The highest BCUT2D eigenvalue weighted by molar-refractivity contribution is 6.16. The minimum absolute atomic E-state index is 0.0194. The number of aliphatic carboxylic acids is 2. The molecule has 2 rings (SSSR count). The number of hydrogen-bond acceptors (Lipinski definition) is 2. The lowest BCUT2D eigenvalue weighted by molar-refractivity contribution is -0.131.